The van der Waals surface area contributed by atoms with Crippen molar-refractivity contribution in [2.24, 2.45) is 5.92 Å². The third kappa shape index (κ3) is 4.40. The molecule has 4 amide bonds. The molecule has 0 bridgehead atoms. The van der Waals surface area contributed by atoms with Crippen molar-refractivity contribution in [3.63, 3.8) is 0 Å². The van der Waals surface area contributed by atoms with Crippen molar-refractivity contribution in [3.8, 4) is 0 Å². The Kier molecular flexibility index (Phi) is 6.17. The molecule has 0 saturated carbocycles. The van der Waals surface area contributed by atoms with Crippen LogP contribution in [0.4, 0.5) is 10.5 Å². The van der Waals surface area contributed by atoms with Crippen LogP contribution in [0.2, 0.25) is 0 Å². The molecule has 1 aromatic carbocycles. The molecule has 29 heavy (non-hydrogen) atoms. The Balaban J connectivity index is 1.76. The van der Waals surface area contributed by atoms with E-state index in [1.165, 1.54) is 40.5 Å². The molecule has 1 atom stereocenters. The highest BCUT2D eigenvalue weighted by atomic mass is 32.2. The Hall–Kier alpha value is -2.94. The SMILES string of the molecule is COC(=O)c1ccc(NC(=O)C[N+]2=C3C=CSC3C(=O)N(CC(C)C)C2=O)cc1. The number of benzene rings is 1. The van der Waals surface area contributed by atoms with Gasteiger partial charge in [-0.25, -0.2) is 9.59 Å². The van der Waals surface area contributed by atoms with Gasteiger partial charge in [-0.05, 0) is 41.7 Å². The number of rotatable bonds is 6. The number of nitrogens with one attached hydrogen (secondary N) is 1. The maximum absolute atomic E-state index is 12.9. The number of carbonyl (C=O) groups is 4. The maximum atomic E-state index is 12.9. The molecule has 9 heteroatoms. The molecule has 1 aromatic rings. The number of thioether (sulfide) groups is 1. The highest BCUT2D eigenvalue weighted by Gasteiger charge is 2.49. The second-order valence-electron chi connectivity index (χ2n) is 7.07. The standard InChI is InChI=1S/C20H21N3O5S/c1-12(2)10-23-18(25)17-15(8-9-29-17)22(20(23)27)11-16(24)21-14-6-4-13(5-7-14)19(26)28-3/h4-9,12,17H,10-11H2,1-3H3/p+1. The van der Waals surface area contributed by atoms with E-state index in [9.17, 15) is 19.2 Å². The van der Waals surface area contributed by atoms with E-state index < -0.39 is 23.2 Å². The number of amides is 4. The Morgan fingerprint density at radius 2 is 1.93 bits per heavy atom. The fourth-order valence-corrected chi connectivity index (χ4v) is 4.06. The third-order valence-corrected chi connectivity index (χ3v) is 5.43. The summed E-state index contributed by atoms with van der Waals surface area (Å²) >= 11 is 1.33. The summed E-state index contributed by atoms with van der Waals surface area (Å²) in [6, 6.07) is 5.75. The van der Waals surface area contributed by atoms with Gasteiger partial charge in [0.1, 0.15) is 5.71 Å². The van der Waals surface area contributed by atoms with E-state index in [-0.39, 0.29) is 18.4 Å². The maximum Gasteiger partial charge on any atom is 0.501 e. The number of carbonyl (C=O) groups excluding carboxylic acids is 4. The normalized spacial score (nSPS) is 18.3. The average Bonchev–Trinajstić information content (AvgIpc) is 3.18. The van der Waals surface area contributed by atoms with E-state index in [0.29, 0.717) is 23.5 Å². The first kappa shape index (κ1) is 20.8. The van der Waals surface area contributed by atoms with Gasteiger partial charge in [0.15, 0.2) is 11.8 Å². The van der Waals surface area contributed by atoms with Crippen molar-refractivity contribution >= 4 is 47.0 Å². The summed E-state index contributed by atoms with van der Waals surface area (Å²) in [6.45, 7) is 3.94. The van der Waals surface area contributed by atoms with E-state index in [1.54, 1.807) is 23.6 Å². The molecule has 0 aliphatic carbocycles. The molecule has 2 aliphatic rings. The first-order chi connectivity index (χ1) is 13.8. The number of esters is 1. The first-order valence-electron chi connectivity index (χ1n) is 9.11. The van der Waals surface area contributed by atoms with Crippen LogP contribution in [0.5, 0.6) is 0 Å². The number of hydrogen-bond acceptors (Lipinski definition) is 6. The minimum Gasteiger partial charge on any atom is -0.465 e. The van der Waals surface area contributed by atoms with E-state index >= 15 is 0 Å². The van der Waals surface area contributed by atoms with Gasteiger partial charge in [-0.2, -0.15) is 14.3 Å². The van der Waals surface area contributed by atoms with Crippen LogP contribution in [0, 0.1) is 5.92 Å². The van der Waals surface area contributed by atoms with Crippen molar-refractivity contribution in [3.05, 3.63) is 41.3 Å². The quantitative estimate of drug-likeness (QED) is 0.564. The molecule has 1 unspecified atom stereocenters. The van der Waals surface area contributed by atoms with Gasteiger partial charge in [0.05, 0.1) is 19.2 Å². The van der Waals surface area contributed by atoms with Gasteiger partial charge in [-0.3, -0.25) is 4.79 Å². The van der Waals surface area contributed by atoms with Crippen LogP contribution < -0.4 is 5.32 Å². The van der Waals surface area contributed by atoms with E-state index in [2.05, 4.69) is 10.1 Å². The number of methoxy groups -OCH3 is 1. The fraction of sp³-hybridized carbons (Fsp3) is 0.350. The van der Waals surface area contributed by atoms with Gasteiger partial charge in [-0.15, -0.1) is 11.8 Å². The molecule has 1 N–H and O–H groups in total. The lowest BCUT2D eigenvalue weighted by molar-refractivity contribution is -0.426. The predicted octanol–water partition coefficient (Wildman–Crippen LogP) is 2.11. The molecule has 152 valence electrons. The van der Waals surface area contributed by atoms with Gasteiger partial charge in [0, 0.05) is 5.69 Å². The molecule has 0 saturated heterocycles. The predicted molar refractivity (Wildman–Crippen MR) is 109 cm³/mol. The van der Waals surface area contributed by atoms with Crippen LogP contribution in [0.15, 0.2) is 35.7 Å². The molecular weight excluding hydrogens is 394 g/mol. The lowest BCUT2D eigenvalue weighted by Gasteiger charge is -2.25. The summed E-state index contributed by atoms with van der Waals surface area (Å²) in [5.41, 5.74) is 1.38. The largest absolute Gasteiger partial charge is 0.501 e. The number of urea groups is 1. The number of ether oxygens (including phenoxy) is 1. The zero-order valence-electron chi connectivity index (χ0n) is 16.4. The Labute approximate surface area is 172 Å². The number of anilines is 1. The van der Waals surface area contributed by atoms with Gasteiger partial charge in [-0.1, -0.05) is 13.8 Å². The third-order valence-electron chi connectivity index (χ3n) is 4.43. The van der Waals surface area contributed by atoms with Crippen molar-refractivity contribution in [2.45, 2.75) is 19.1 Å². The van der Waals surface area contributed by atoms with Gasteiger partial charge in [0.2, 0.25) is 0 Å². The summed E-state index contributed by atoms with van der Waals surface area (Å²) in [6.07, 6.45) is 1.70. The number of nitrogens with zero attached hydrogens (tertiary/aromatic N) is 2. The molecular formula is C20H22N3O5S+. The molecule has 2 heterocycles. The van der Waals surface area contributed by atoms with Crippen LogP contribution in [-0.4, -0.2) is 64.5 Å². The monoisotopic (exact) mass is 416 g/mol. The Bertz CT molecular complexity index is 921. The topological polar surface area (TPSA) is 95.8 Å². The Morgan fingerprint density at radius 3 is 2.55 bits per heavy atom. The first-order valence-corrected chi connectivity index (χ1v) is 10.1. The zero-order valence-corrected chi connectivity index (χ0v) is 17.2. The van der Waals surface area contributed by atoms with Crippen molar-refractivity contribution in [2.75, 3.05) is 25.5 Å². The Morgan fingerprint density at radius 1 is 1.24 bits per heavy atom. The summed E-state index contributed by atoms with van der Waals surface area (Å²) in [5.74, 6) is -0.999. The molecule has 8 nitrogen and oxygen atoms in total. The number of allylic oxidation sites excluding steroid dienone is 1. The fourth-order valence-electron chi connectivity index (χ4n) is 3.10. The van der Waals surface area contributed by atoms with E-state index in [4.69, 9.17) is 0 Å². The molecule has 0 aromatic heterocycles. The van der Waals surface area contributed by atoms with Gasteiger partial charge >= 0.3 is 17.9 Å². The molecule has 0 spiro atoms. The van der Waals surface area contributed by atoms with Crippen molar-refractivity contribution < 1.29 is 28.5 Å². The summed E-state index contributed by atoms with van der Waals surface area (Å²) in [4.78, 5) is 50.8. The van der Waals surface area contributed by atoms with Crippen LogP contribution >= 0.6 is 11.8 Å². The minimum atomic E-state index is -0.501. The molecule has 3 rings (SSSR count). The molecule has 2 aliphatic heterocycles. The van der Waals surface area contributed by atoms with Crippen LogP contribution in [0.3, 0.4) is 0 Å². The van der Waals surface area contributed by atoms with E-state index in [0.717, 1.165) is 0 Å². The molecule has 0 fully saturated rings. The summed E-state index contributed by atoms with van der Waals surface area (Å²) in [7, 11) is 1.29. The van der Waals surface area contributed by atoms with Crippen LogP contribution in [0.25, 0.3) is 0 Å². The summed E-state index contributed by atoms with van der Waals surface area (Å²) in [5, 5.41) is 3.97. The highest BCUT2D eigenvalue weighted by molar-refractivity contribution is 8.04. The smallest absolute Gasteiger partial charge is 0.465 e. The minimum absolute atomic E-state index is 0.118. The number of fused-ring (bicyclic) bond motifs is 1. The second-order valence-corrected chi connectivity index (χ2v) is 8.09. The summed E-state index contributed by atoms with van der Waals surface area (Å²) < 4.78 is 5.99. The zero-order chi connectivity index (χ0) is 21.1. The number of imide groups is 1. The second kappa shape index (κ2) is 8.60. The molecule has 0 radical (unpaired) electrons. The lowest BCUT2D eigenvalue weighted by atomic mass is 10.1. The lowest BCUT2D eigenvalue weighted by Crippen LogP contribution is -2.57. The van der Waals surface area contributed by atoms with Gasteiger partial charge < -0.3 is 10.1 Å². The average molecular weight is 416 g/mol. The van der Waals surface area contributed by atoms with Crippen LogP contribution in [-0.2, 0) is 14.3 Å². The van der Waals surface area contributed by atoms with Gasteiger partial charge in [0.25, 0.3) is 5.91 Å². The highest BCUT2D eigenvalue weighted by Crippen LogP contribution is 2.28. The van der Waals surface area contributed by atoms with E-state index in [1.807, 2.05) is 13.8 Å². The van der Waals surface area contributed by atoms with Crippen LogP contribution in [0.1, 0.15) is 24.2 Å². The van der Waals surface area contributed by atoms with Crippen molar-refractivity contribution in [1.29, 1.82) is 0 Å². The van der Waals surface area contributed by atoms with Crippen molar-refractivity contribution in [1.82, 2.24) is 4.90 Å². The number of hydrogen-bond donors (Lipinski definition) is 1.